The third kappa shape index (κ3) is 6.43. The van der Waals surface area contributed by atoms with Gasteiger partial charge in [-0.15, -0.1) is 0 Å². The molecule has 1 rings (SSSR count). The van der Waals surface area contributed by atoms with E-state index in [0.717, 1.165) is 6.42 Å². The fourth-order valence-corrected chi connectivity index (χ4v) is 2.41. The highest BCUT2D eigenvalue weighted by Crippen LogP contribution is 2.17. The summed E-state index contributed by atoms with van der Waals surface area (Å²) in [5.41, 5.74) is 0. The number of carboxylic acids is 1. The molecule has 0 aromatic carbocycles. The Morgan fingerprint density at radius 1 is 1.35 bits per heavy atom. The van der Waals surface area contributed by atoms with Crippen molar-refractivity contribution in [2.45, 2.75) is 32.7 Å². The molecule has 3 amide bonds. The van der Waals surface area contributed by atoms with Crippen LogP contribution in [0.3, 0.4) is 0 Å². The highest BCUT2D eigenvalue weighted by Gasteiger charge is 2.30. The van der Waals surface area contributed by atoms with Crippen LogP contribution in [0, 0.1) is 11.8 Å². The van der Waals surface area contributed by atoms with E-state index in [2.05, 4.69) is 10.6 Å². The van der Waals surface area contributed by atoms with Gasteiger partial charge in [0.15, 0.2) is 6.04 Å². The van der Waals surface area contributed by atoms with Crippen LogP contribution in [0.15, 0.2) is 0 Å². The smallest absolute Gasteiger partial charge is 0.328 e. The van der Waals surface area contributed by atoms with Gasteiger partial charge in [-0.2, -0.15) is 0 Å². The number of carbonyl (C=O) groups excluding carboxylic acids is 2. The molecule has 1 heterocycles. The monoisotopic (exact) mass is 329 g/mol. The van der Waals surface area contributed by atoms with E-state index in [9.17, 15) is 14.4 Å². The Bertz CT molecular complexity index is 427. The predicted octanol–water partition coefficient (Wildman–Crippen LogP) is 0.280. The quantitative estimate of drug-likeness (QED) is 0.622. The normalized spacial score (nSPS) is 19.3. The van der Waals surface area contributed by atoms with E-state index in [1.807, 2.05) is 13.8 Å². The van der Waals surface area contributed by atoms with E-state index in [1.165, 1.54) is 7.11 Å². The molecule has 23 heavy (non-hydrogen) atoms. The third-order valence-electron chi connectivity index (χ3n) is 3.69. The van der Waals surface area contributed by atoms with Gasteiger partial charge in [0.25, 0.3) is 0 Å². The third-order valence-corrected chi connectivity index (χ3v) is 3.69. The van der Waals surface area contributed by atoms with Crippen molar-refractivity contribution in [2.24, 2.45) is 11.8 Å². The molecule has 2 unspecified atom stereocenters. The van der Waals surface area contributed by atoms with Gasteiger partial charge < -0.3 is 25.4 Å². The van der Waals surface area contributed by atoms with Crippen molar-refractivity contribution >= 4 is 17.9 Å². The lowest BCUT2D eigenvalue weighted by molar-refractivity contribution is -0.144. The number of ether oxygens (including phenoxy) is 1. The molecule has 0 bridgehead atoms. The summed E-state index contributed by atoms with van der Waals surface area (Å²) in [5.74, 6) is -1.53. The Morgan fingerprint density at radius 3 is 2.61 bits per heavy atom. The predicted molar refractivity (Wildman–Crippen MR) is 84.0 cm³/mol. The van der Waals surface area contributed by atoms with Crippen molar-refractivity contribution < 1.29 is 24.2 Å². The van der Waals surface area contributed by atoms with Gasteiger partial charge >= 0.3 is 12.0 Å². The van der Waals surface area contributed by atoms with Crippen LogP contribution in [-0.2, 0) is 14.3 Å². The van der Waals surface area contributed by atoms with Gasteiger partial charge in [0.1, 0.15) is 0 Å². The molecule has 8 heteroatoms. The van der Waals surface area contributed by atoms with Crippen molar-refractivity contribution in [2.75, 3.05) is 33.4 Å². The molecule has 0 spiro atoms. The minimum atomic E-state index is -1.14. The molecule has 2 atom stereocenters. The van der Waals surface area contributed by atoms with Gasteiger partial charge in [0, 0.05) is 26.7 Å². The zero-order chi connectivity index (χ0) is 17.4. The number of carboxylic acid groups (broad SMARTS) is 1. The number of hydrogen-bond acceptors (Lipinski definition) is 4. The number of piperidine rings is 1. The summed E-state index contributed by atoms with van der Waals surface area (Å²) in [5, 5.41) is 14.4. The lowest BCUT2D eigenvalue weighted by Gasteiger charge is -2.32. The van der Waals surface area contributed by atoms with Gasteiger partial charge in [-0.1, -0.05) is 13.8 Å². The second-order valence-corrected chi connectivity index (χ2v) is 6.22. The molecule has 1 fully saturated rings. The van der Waals surface area contributed by atoms with Crippen LogP contribution < -0.4 is 10.6 Å². The SMILES string of the molecule is COCC(NC(=O)C1CCCN(C(=O)NCC(C)C)C1)C(=O)O. The molecule has 0 radical (unpaired) electrons. The molecule has 8 nitrogen and oxygen atoms in total. The molecule has 0 aromatic heterocycles. The number of hydrogen-bond donors (Lipinski definition) is 3. The van der Waals surface area contributed by atoms with Crippen LogP contribution in [0.5, 0.6) is 0 Å². The van der Waals surface area contributed by atoms with Crippen molar-refractivity contribution in [3.63, 3.8) is 0 Å². The van der Waals surface area contributed by atoms with Gasteiger partial charge in [-0.25, -0.2) is 9.59 Å². The number of urea groups is 1. The molecular formula is C15H27N3O5. The molecule has 1 aliphatic rings. The van der Waals surface area contributed by atoms with Gasteiger partial charge in [0.05, 0.1) is 12.5 Å². The van der Waals surface area contributed by atoms with E-state index in [4.69, 9.17) is 9.84 Å². The maximum Gasteiger partial charge on any atom is 0.328 e. The lowest BCUT2D eigenvalue weighted by Crippen LogP contribution is -2.52. The van der Waals surface area contributed by atoms with E-state index >= 15 is 0 Å². The Kier molecular flexibility index (Phi) is 7.80. The summed E-state index contributed by atoms with van der Waals surface area (Å²) in [7, 11) is 1.38. The highest BCUT2D eigenvalue weighted by molar-refractivity contribution is 5.85. The van der Waals surface area contributed by atoms with E-state index < -0.39 is 17.9 Å². The van der Waals surface area contributed by atoms with Crippen molar-refractivity contribution in [3.8, 4) is 0 Å². The number of methoxy groups -OCH3 is 1. The van der Waals surface area contributed by atoms with Crippen LogP contribution >= 0.6 is 0 Å². The molecule has 1 saturated heterocycles. The van der Waals surface area contributed by atoms with E-state index in [1.54, 1.807) is 4.90 Å². The van der Waals surface area contributed by atoms with Crippen molar-refractivity contribution in [1.29, 1.82) is 0 Å². The zero-order valence-electron chi connectivity index (χ0n) is 14.0. The van der Waals surface area contributed by atoms with Crippen LogP contribution in [0.1, 0.15) is 26.7 Å². The number of aliphatic carboxylic acids is 1. The molecule has 1 aliphatic heterocycles. The standard InChI is InChI=1S/C15H27N3O5/c1-10(2)7-16-15(22)18-6-4-5-11(8-18)13(19)17-12(9-23-3)14(20)21/h10-12H,4-9H2,1-3H3,(H,16,22)(H,17,19)(H,20,21). The molecular weight excluding hydrogens is 302 g/mol. The average molecular weight is 329 g/mol. The van der Waals surface area contributed by atoms with E-state index in [0.29, 0.717) is 32.0 Å². The number of likely N-dealkylation sites (tertiary alicyclic amines) is 1. The average Bonchev–Trinajstić information content (AvgIpc) is 2.52. The van der Waals surface area contributed by atoms with Crippen LogP contribution in [-0.4, -0.2) is 67.3 Å². The fraction of sp³-hybridized carbons (Fsp3) is 0.800. The maximum atomic E-state index is 12.2. The van der Waals surface area contributed by atoms with Gasteiger partial charge in [-0.3, -0.25) is 4.79 Å². The minimum absolute atomic E-state index is 0.0909. The second kappa shape index (κ2) is 9.34. The summed E-state index contributed by atoms with van der Waals surface area (Å²) >= 11 is 0. The summed E-state index contributed by atoms with van der Waals surface area (Å²) in [6, 6.07) is -1.25. The number of amides is 3. The first kappa shape index (κ1) is 19.2. The largest absolute Gasteiger partial charge is 0.480 e. The van der Waals surface area contributed by atoms with Crippen molar-refractivity contribution in [3.05, 3.63) is 0 Å². The van der Waals surface area contributed by atoms with Crippen molar-refractivity contribution in [1.82, 2.24) is 15.5 Å². The summed E-state index contributed by atoms with van der Waals surface area (Å²) in [6.07, 6.45) is 1.36. The first-order valence-electron chi connectivity index (χ1n) is 7.90. The molecule has 0 saturated carbocycles. The van der Waals surface area contributed by atoms with Crippen LogP contribution in [0.25, 0.3) is 0 Å². The van der Waals surface area contributed by atoms with E-state index in [-0.39, 0.29) is 18.5 Å². The lowest BCUT2D eigenvalue weighted by atomic mass is 9.97. The Hall–Kier alpha value is -1.83. The number of carbonyl (C=O) groups is 3. The fourth-order valence-electron chi connectivity index (χ4n) is 2.41. The molecule has 3 N–H and O–H groups in total. The number of nitrogens with one attached hydrogen (secondary N) is 2. The zero-order valence-corrected chi connectivity index (χ0v) is 14.0. The Labute approximate surface area is 136 Å². The highest BCUT2D eigenvalue weighted by atomic mass is 16.5. The summed E-state index contributed by atoms with van der Waals surface area (Å²) in [6.45, 7) is 5.42. The van der Waals surface area contributed by atoms with Crippen LogP contribution in [0.2, 0.25) is 0 Å². The minimum Gasteiger partial charge on any atom is -0.480 e. The molecule has 132 valence electrons. The number of nitrogens with zero attached hydrogens (tertiary/aromatic N) is 1. The Morgan fingerprint density at radius 2 is 2.04 bits per heavy atom. The molecule has 0 aromatic rings. The first-order valence-corrected chi connectivity index (χ1v) is 7.90. The topological polar surface area (TPSA) is 108 Å². The first-order chi connectivity index (χ1) is 10.8. The van der Waals surface area contributed by atoms with Gasteiger partial charge in [-0.05, 0) is 18.8 Å². The van der Waals surface area contributed by atoms with Crippen LogP contribution in [0.4, 0.5) is 4.79 Å². The summed E-state index contributed by atoms with van der Waals surface area (Å²) in [4.78, 5) is 37.0. The second-order valence-electron chi connectivity index (χ2n) is 6.22. The summed E-state index contributed by atoms with van der Waals surface area (Å²) < 4.78 is 4.80. The van der Waals surface area contributed by atoms with Gasteiger partial charge in [0.2, 0.25) is 5.91 Å². The Balaban J connectivity index is 2.54. The molecule has 0 aliphatic carbocycles. The number of rotatable bonds is 7. The maximum absolute atomic E-state index is 12.2.